The van der Waals surface area contributed by atoms with E-state index in [1.807, 2.05) is 12.3 Å². The highest BCUT2D eigenvalue weighted by molar-refractivity contribution is 5.86. The van der Waals surface area contributed by atoms with Crippen LogP contribution >= 0.6 is 0 Å². The largest absolute Gasteiger partial charge is 0.347 e. The van der Waals surface area contributed by atoms with Crippen molar-refractivity contribution < 1.29 is 0 Å². The van der Waals surface area contributed by atoms with Gasteiger partial charge < -0.3 is 5.32 Å². The second kappa shape index (κ2) is 3.37. The molecule has 1 heterocycles. The van der Waals surface area contributed by atoms with Crippen molar-refractivity contribution >= 4 is 5.84 Å². The third kappa shape index (κ3) is 2.22. The molecule has 0 bridgehead atoms. The zero-order valence-electron chi connectivity index (χ0n) is 7.09. The molecule has 0 aromatic heterocycles. The lowest BCUT2D eigenvalue weighted by Crippen LogP contribution is -2.25. The van der Waals surface area contributed by atoms with Crippen LogP contribution in [0.2, 0.25) is 0 Å². The minimum absolute atomic E-state index is 0.439. The molecule has 11 heavy (non-hydrogen) atoms. The van der Waals surface area contributed by atoms with Crippen LogP contribution in [0.5, 0.6) is 0 Å². The molecule has 1 aliphatic heterocycles. The Balaban J connectivity index is 2.72. The average molecular weight is 150 g/mol. The second-order valence-electron chi connectivity index (χ2n) is 2.99. The monoisotopic (exact) mass is 150 g/mol. The van der Waals surface area contributed by atoms with Gasteiger partial charge in [-0.25, -0.2) is 4.99 Å². The number of hydrogen-bond donors (Lipinski definition) is 1. The van der Waals surface area contributed by atoms with Crippen molar-refractivity contribution in [2.45, 2.75) is 20.3 Å². The summed E-state index contributed by atoms with van der Waals surface area (Å²) in [4.78, 5) is 4.24. The molecular formula is C9H14N2. The summed E-state index contributed by atoms with van der Waals surface area (Å²) in [7, 11) is 0. The number of nitrogens with one attached hydrogen (secondary N) is 1. The molecule has 2 heteroatoms. The van der Waals surface area contributed by atoms with Crippen LogP contribution in [0.1, 0.15) is 20.3 Å². The summed E-state index contributed by atoms with van der Waals surface area (Å²) >= 11 is 0. The smallest absolute Gasteiger partial charge is 0.108 e. The van der Waals surface area contributed by atoms with Gasteiger partial charge in [-0.3, -0.25) is 0 Å². The van der Waals surface area contributed by atoms with Gasteiger partial charge in [0.25, 0.3) is 0 Å². The second-order valence-corrected chi connectivity index (χ2v) is 2.99. The minimum atomic E-state index is 0.439. The molecule has 0 saturated carbocycles. The highest BCUT2D eigenvalue weighted by Gasteiger charge is 2.05. The Bertz CT molecular complexity index is 212. The number of rotatable bonds is 1. The summed E-state index contributed by atoms with van der Waals surface area (Å²) in [5, 5.41) is 3.17. The predicted octanol–water partition coefficient (Wildman–Crippen LogP) is 2.06. The molecule has 2 nitrogen and oxygen atoms in total. The molecule has 0 saturated heterocycles. The molecule has 0 radical (unpaired) electrons. The lowest BCUT2D eigenvalue weighted by Gasteiger charge is -2.11. The first-order valence-electron chi connectivity index (χ1n) is 3.87. The van der Waals surface area contributed by atoms with E-state index in [0.29, 0.717) is 5.92 Å². The van der Waals surface area contributed by atoms with Crippen molar-refractivity contribution in [1.82, 2.24) is 5.32 Å². The summed E-state index contributed by atoms with van der Waals surface area (Å²) in [6, 6.07) is 0. The molecule has 0 aromatic rings. The zero-order chi connectivity index (χ0) is 8.27. The quantitative estimate of drug-likeness (QED) is 0.608. The van der Waals surface area contributed by atoms with Gasteiger partial charge in [-0.2, -0.15) is 0 Å². The number of nitrogens with zero attached hydrogens (tertiary/aromatic N) is 1. The fourth-order valence-electron chi connectivity index (χ4n) is 0.886. The third-order valence-corrected chi connectivity index (χ3v) is 1.54. The van der Waals surface area contributed by atoms with Crippen molar-refractivity contribution in [3.05, 3.63) is 24.6 Å². The summed E-state index contributed by atoms with van der Waals surface area (Å²) < 4.78 is 0. The topological polar surface area (TPSA) is 24.4 Å². The minimum Gasteiger partial charge on any atom is -0.347 e. The summed E-state index contributed by atoms with van der Waals surface area (Å²) in [6.07, 6.45) is 4.71. The van der Waals surface area contributed by atoms with Gasteiger partial charge in [0.2, 0.25) is 0 Å². The molecule has 1 rings (SSSR count). The van der Waals surface area contributed by atoms with Crippen molar-refractivity contribution in [1.29, 1.82) is 0 Å². The molecule has 0 atom stereocenters. The molecule has 0 unspecified atom stereocenters. The maximum Gasteiger partial charge on any atom is 0.108 e. The fourth-order valence-corrected chi connectivity index (χ4v) is 0.886. The van der Waals surface area contributed by atoms with Crippen LogP contribution in [0, 0.1) is 5.92 Å². The summed E-state index contributed by atoms with van der Waals surface area (Å²) in [5.41, 5.74) is 1.02. The first kappa shape index (κ1) is 8.05. The van der Waals surface area contributed by atoms with E-state index >= 15 is 0 Å². The number of amidine groups is 1. The van der Waals surface area contributed by atoms with Crippen molar-refractivity contribution in [2.75, 3.05) is 0 Å². The molecule has 0 aliphatic carbocycles. The standard InChI is InChI=1S/C9H14N2/c1-7(2)9-10-6-4-5-8(3)11-9/h4,6-7H,3,5H2,1-2H3,(H,10,11). The van der Waals surface area contributed by atoms with Gasteiger partial charge in [-0.15, -0.1) is 0 Å². The van der Waals surface area contributed by atoms with E-state index in [2.05, 4.69) is 30.7 Å². The van der Waals surface area contributed by atoms with E-state index in [9.17, 15) is 0 Å². The molecule has 0 aromatic carbocycles. The van der Waals surface area contributed by atoms with E-state index in [-0.39, 0.29) is 0 Å². The van der Waals surface area contributed by atoms with Crippen LogP contribution < -0.4 is 5.32 Å². The molecule has 60 valence electrons. The predicted molar refractivity (Wildman–Crippen MR) is 48.3 cm³/mol. The van der Waals surface area contributed by atoms with Gasteiger partial charge in [0.1, 0.15) is 5.84 Å². The Morgan fingerprint density at radius 3 is 3.00 bits per heavy atom. The first-order valence-corrected chi connectivity index (χ1v) is 3.87. The highest BCUT2D eigenvalue weighted by Crippen LogP contribution is 2.04. The van der Waals surface area contributed by atoms with Gasteiger partial charge in [0.15, 0.2) is 0 Å². The van der Waals surface area contributed by atoms with Crippen molar-refractivity contribution in [3.63, 3.8) is 0 Å². The zero-order valence-corrected chi connectivity index (χ0v) is 7.09. The van der Waals surface area contributed by atoms with Gasteiger partial charge in [0, 0.05) is 24.2 Å². The normalized spacial score (nSPS) is 17.7. The Labute approximate surface area is 67.7 Å². The van der Waals surface area contributed by atoms with Crippen LogP contribution in [0.15, 0.2) is 29.5 Å². The Morgan fingerprint density at radius 1 is 1.64 bits per heavy atom. The van der Waals surface area contributed by atoms with E-state index in [4.69, 9.17) is 0 Å². The highest BCUT2D eigenvalue weighted by atomic mass is 15.0. The molecule has 0 fully saturated rings. The van der Waals surface area contributed by atoms with Gasteiger partial charge in [0.05, 0.1) is 0 Å². The lowest BCUT2D eigenvalue weighted by molar-refractivity contribution is 0.835. The van der Waals surface area contributed by atoms with Gasteiger partial charge in [-0.05, 0) is 0 Å². The van der Waals surface area contributed by atoms with Crippen LogP contribution in [0.4, 0.5) is 0 Å². The van der Waals surface area contributed by atoms with Gasteiger partial charge >= 0.3 is 0 Å². The Kier molecular flexibility index (Phi) is 2.47. The fraction of sp³-hybridized carbons (Fsp3) is 0.444. The van der Waals surface area contributed by atoms with Crippen LogP contribution in [-0.2, 0) is 0 Å². The number of allylic oxidation sites excluding steroid dienone is 1. The first-order chi connectivity index (χ1) is 5.20. The summed E-state index contributed by atoms with van der Waals surface area (Å²) in [6.45, 7) is 8.08. The lowest BCUT2D eigenvalue weighted by atomic mass is 10.2. The molecular weight excluding hydrogens is 136 g/mol. The van der Waals surface area contributed by atoms with Crippen molar-refractivity contribution in [3.8, 4) is 0 Å². The Morgan fingerprint density at radius 2 is 2.36 bits per heavy atom. The Hall–Kier alpha value is -1.05. The van der Waals surface area contributed by atoms with E-state index in [1.165, 1.54) is 0 Å². The third-order valence-electron chi connectivity index (χ3n) is 1.54. The number of hydrogen-bond acceptors (Lipinski definition) is 2. The van der Waals surface area contributed by atoms with Gasteiger partial charge in [-0.1, -0.05) is 26.5 Å². The molecule has 0 amide bonds. The SMILES string of the molecule is C=C1CC=CN=C(C(C)C)N1. The van der Waals surface area contributed by atoms with Crippen molar-refractivity contribution in [2.24, 2.45) is 10.9 Å². The maximum absolute atomic E-state index is 4.24. The molecule has 0 spiro atoms. The van der Waals surface area contributed by atoms with E-state index in [1.54, 1.807) is 0 Å². The molecule has 1 aliphatic rings. The van der Waals surface area contributed by atoms with Crippen LogP contribution in [-0.4, -0.2) is 5.84 Å². The maximum atomic E-state index is 4.24. The molecule has 1 N–H and O–H groups in total. The summed E-state index contributed by atoms with van der Waals surface area (Å²) in [5.74, 6) is 1.44. The van der Waals surface area contributed by atoms with Crippen LogP contribution in [0.3, 0.4) is 0 Å². The van der Waals surface area contributed by atoms with Crippen LogP contribution in [0.25, 0.3) is 0 Å². The number of aliphatic imine (C=N–C) groups is 1. The van der Waals surface area contributed by atoms with E-state index in [0.717, 1.165) is 18.0 Å². The van der Waals surface area contributed by atoms with E-state index < -0.39 is 0 Å². The average Bonchev–Trinajstić information content (AvgIpc) is 2.13.